The summed E-state index contributed by atoms with van der Waals surface area (Å²) in [6, 6.07) is -4.94. The number of hydrogen-bond donors (Lipinski definition) is 4. The Morgan fingerprint density at radius 3 is 2.09 bits per heavy atom. The van der Waals surface area contributed by atoms with E-state index in [-0.39, 0.29) is 0 Å². The molecule has 23 heavy (non-hydrogen) atoms. The summed E-state index contributed by atoms with van der Waals surface area (Å²) in [6.07, 6.45) is 0. The van der Waals surface area contributed by atoms with E-state index in [0.717, 1.165) is 12.1 Å². The lowest BCUT2D eigenvalue weighted by molar-refractivity contribution is -0.290. The highest BCUT2D eigenvalue weighted by Gasteiger charge is 2.63. The first kappa shape index (κ1) is 17.7. The molecule has 1 aromatic rings. The van der Waals surface area contributed by atoms with E-state index in [0.29, 0.717) is 5.56 Å². The molecule has 0 radical (unpaired) electrons. The lowest BCUT2D eigenvalue weighted by Crippen LogP contribution is -2.28. The second-order valence-corrected chi connectivity index (χ2v) is 6.28. The average Bonchev–Trinajstić information content (AvgIpc) is 2.98. The van der Waals surface area contributed by atoms with Gasteiger partial charge < -0.3 is 25.2 Å². The largest absolute Gasteiger partial charge is 0.469 e. The topological polar surface area (TPSA) is 107 Å². The molecule has 0 bridgehead atoms. The van der Waals surface area contributed by atoms with Crippen LogP contribution in [0.3, 0.4) is 0 Å². The van der Waals surface area contributed by atoms with Gasteiger partial charge in [-0.05, 0) is 23.1 Å². The molecule has 0 amide bonds. The molecule has 1 aromatic carbocycles. The van der Waals surface area contributed by atoms with E-state index in [1.807, 2.05) is 0 Å². The Morgan fingerprint density at radius 1 is 1.13 bits per heavy atom. The van der Waals surface area contributed by atoms with Gasteiger partial charge in [0, 0.05) is 5.92 Å². The number of rotatable bonds is 4. The van der Waals surface area contributed by atoms with Crippen molar-refractivity contribution in [2.45, 2.75) is 31.8 Å². The Labute approximate surface area is 130 Å². The number of carbonyl (C=O) groups excluding carboxylic acids is 1. The minimum Gasteiger partial charge on any atom is -0.469 e. The van der Waals surface area contributed by atoms with E-state index >= 15 is 0 Å². The number of aliphatic hydroxyl groups is 4. The fraction of sp³-hybridized carbons (Fsp3) is 0.533. The molecule has 0 saturated heterocycles. The number of esters is 1. The van der Waals surface area contributed by atoms with Gasteiger partial charge in [0.1, 0.15) is 0 Å². The monoisotopic (exact) mass is 332 g/mol. The predicted octanol–water partition coefficient (Wildman–Crippen LogP) is 0.728. The molecule has 1 fully saturated rings. The molecule has 128 valence electrons. The zero-order valence-electron chi connectivity index (χ0n) is 12.7. The molecule has 0 aliphatic heterocycles. The second-order valence-electron chi connectivity index (χ2n) is 6.28. The highest BCUT2D eigenvalue weighted by molar-refractivity contribution is 5.79. The third-order valence-electron chi connectivity index (χ3n) is 4.37. The summed E-state index contributed by atoms with van der Waals surface area (Å²) >= 11 is 0. The molecule has 6 nitrogen and oxygen atoms in total. The standard InChI is InChI=1S/C15H18F2O6/c1-13(2)10(11(13)12(18)23-3)7-4-5-8(14(16,19)20)9(6-7)15(17,21)22/h4-6,10-11,19-22H,1-3H3. The van der Waals surface area contributed by atoms with Crippen molar-refractivity contribution < 1.29 is 38.7 Å². The van der Waals surface area contributed by atoms with E-state index in [1.54, 1.807) is 13.8 Å². The zero-order chi connectivity index (χ0) is 17.8. The van der Waals surface area contributed by atoms with Crippen molar-refractivity contribution in [3.8, 4) is 0 Å². The molecule has 1 aliphatic rings. The third kappa shape index (κ3) is 3.07. The molecule has 0 spiro atoms. The van der Waals surface area contributed by atoms with Crippen molar-refractivity contribution in [3.05, 3.63) is 34.9 Å². The van der Waals surface area contributed by atoms with Crippen LogP contribution in [0.15, 0.2) is 18.2 Å². The van der Waals surface area contributed by atoms with E-state index in [9.17, 15) is 13.6 Å². The number of carbonyl (C=O) groups is 1. The summed E-state index contributed by atoms with van der Waals surface area (Å²) in [7, 11) is 1.23. The number of methoxy groups -OCH3 is 1. The van der Waals surface area contributed by atoms with Crippen LogP contribution in [-0.4, -0.2) is 33.5 Å². The normalized spacial score (nSPS) is 23.5. The lowest BCUT2D eigenvalue weighted by atomic mass is 9.96. The number of alkyl halides is 2. The highest BCUT2D eigenvalue weighted by Crippen LogP contribution is 2.65. The summed E-state index contributed by atoms with van der Waals surface area (Å²) in [5, 5.41) is 36.2. The van der Waals surface area contributed by atoms with Crippen molar-refractivity contribution >= 4 is 5.97 Å². The summed E-state index contributed by atoms with van der Waals surface area (Å²) in [5.41, 5.74) is -2.30. The molecule has 2 atom stereocenters. The van der Waals surface area contributed by atoms with Crippen LogP contribution in [0.4, 0.5) is 8.78 Å². The van der Waals surface area contributed by atoms with Crippen LogP contribution in [0.2, 0.25) is 0 Å². The fourth-order valence-electron chi connectivity index (χ4n) is 3.12. The Morgan fingerprint density at radius 2 is 1.65 bits per heavy atom. The van der Waals surface area contributed by atoms with Crippen molar-refractivity contribution in [1.82, 2.24) is 0 Å². The summed E-state index contributed by atoms with van der Waals surface area (Å²) in [5.74, 6) is -1.43. The van der Waals surface area contributed by atoms with Gasteiger partial charge in [0.25, 0.3) is 0 Å². The quantitative estimate of drug-likeness (QED) is 0.478. The minimum absolute atomic E-state index is 0.318. The molecule has 1 aliphatic carbocycles. The first-order valence-electron chi connectivity index (χ1n) is 6.81. The zero-order valence-corrected chi connectivity index (χ0v) is 12.7. The van der Waals surface area contributed by atoms with Gasteiger partial charge in [-0.15, -0.1) is 0 Å². The molecule has 2 unspecified atom stereocenters. The van der Waals surface area contributed by atoms with Crippen LogP contribution < -0.4 is 0 Å². The SMILES string of the molecule is COC(=O)C1C(c2ccc(C(O)(O)F)c(C(O)(O)F)c2)C1(C)C. The van der Waals surface area contributed by atoms with E-state index in [1.165, 1.54) is 13.2 Å². The van der Waals surface area contributed by atoms with Gasteiger partial charge in [-0.25, -0.2) is 0 Å². The highest BCUT2D eigenvalue weighted by atomic mass is 19.2. The first-order chi connectivity index (χ1) is 10.3. The Balaban J connectivity index is 2.50. The van der Waals surface area contributed by atoms with Crippen molar-refractivity contribution in [2.24, 2.45) is 11.3 Å². The summed E-state index contributed by atoms with van der Waals surface area (Å²) in [6.45, 7) is 3.54. The fourth-order valence-corrected chi connectivity index (χ4v) is 3.12. The number of halogens is 2. The lowest BCUT2D eigenvalue weighted by Gasteiger charge is -2.21. The molecule has 4 N–H and O–H groups in total. The van der Waals surface area contributed by atoms with Crippen molar-refractivity contribution in [2.75, 3.05) is 7.11 Å². The average molecular weight is 332 g/mol. The van der Waals surface area contributed by atoms with Crippen molar-refractivity contribution in [3.63, 3.8) is 0 Å². The molecular weight excluding hydrogens is 314 g/mol. The van der Waals surface area contributed by atoms with Crippen LogP contribution >= 0.6 is 0 Å². The summed E-state index contributed by atoms with van der Waals surface area (Å²) in [4.78, 5) is 11.7. The number of hydrogen-bond acceptors (Lipinski definition) is 6. The maximum Gasteiger partial charge on any atom is 0.344 e. The van der Waals surface area contributed by atoms with Crippen molar-refractivity contribution in [1.29, 1.82) is 0 Å². The third-order valence-corrected chi connectivity index (χ3v) is 4.37. The van der Waals surface area contributed by atoms with Crippen LogP contribution in [0.5, 0.6) is 0 Å². The second kappa shape index (κ2) is 5.20. The maximum absolute atomic E-state index is 13.5. The minimum atomic E-state index is -3.98. The molecule has 0 heterocycles. The van der Waals surface area contributed by atoms with Gasteiger partial charge in [0.15, 0.2) is 0 Å². The molecule has 2 rings (SSSR count). The Bertz CT molecular complexity index is 630. The first-order valence-corrected chi connectivity index (χ1v) is 6.81. The smallest absolute Gasteiger partial charge is 0.344 e. The van der Waals surface area contributed by atoms with Gasteiger partial charge in [-0.3, -0.25) is 4.79 Å². The Hall–Kier alpha value is -1.61. The molecule has 8 heteroatoms. The van der Waals surface area contributed by atoms with Crippen LogP contribution in [-0.2, 0) is 21.6 Å². The van der Waals surface area contributed by atoms with Gasteiger partial charge in [0.2, 0.25) is 0 Å². The van der Waals surface area contributed by atoms with Gasteiger partial charge in [-0.2, -0.15) is 8.78 Å². The van der Waals surface area contributed by atoms with Gasteiger partial charge >= 0.3 is 18.1 Å². The Kier molecular flexibility index (Phi) is 4.01. The van der Waals surface area contributed by atoms with E-state index in [2.05, 4.69) is 4.74 Å². The van der Waals surface area contributed by atoms with Crippen LogP contribution in [0.1, 0.15) is 36.5 Å². The maximum atomic E-state index is 13.5. The molecular formula is C15H18F2O6. The van der Waals surface area contributed by atoms with Gasteiger partial charge in [-0.1, -0.05) is 19.9 Å². The number of ether oxygens (including phenoxy) is 1. The van der Waals surface area contributed by atoms with Crippen LogP contribution in [0.25, 0.3) is 0 Å². The molecule has 1 saturated carbocycles. The number of benzene rings is 1. The molecule has 0 aromatic heterocycles. The van der Waals surface area contributed by atoms with E-state index < -0.39 is 46.4 Å². The van der Waals surface area contributed by atoms with Gasteiger partial charge in [0.05, 0.1) is 24.2 Å². The van der Waals surface area contributed by atoms with E-state index in [4.69, 9.17) is 20.4 Å². The summed E-state index contributed by atoms with van der Waals surface area (Å²) < 4.78 is 31.5. The van der Waals surface area contributed by atoms with Crippen LogP contribution in [0, 0.1) is 11.3 Å². The predicted molar refractivity (Wildman–Crippen MR) is 72.9 cm³/mol.